The minimum Gasteiger partial charge on any atom is -0.337 e. The highest BCUT2D eigenvalue weighted by Gasteiger charge is 2.19. The lowest BCUT2D eigenvalue weighted by Gasteiger charge is -2.14. The third kappa shape index (κ3) is 4.60. The van der Waals surface area contributed by atoms with Crippen molar-refractivity contribution in [1.29, 1.82) is 0 Å². The van der Waals surface area contributed by atoms with Crippen molar-refractivity contribution in [2.45, 2.75) is 4.90 Å². The van der Waals surface area contributed by atoms with Gasteiger partial charge in [-0.25, -0.2) is 18.4 Å². The number of nitrogens with zero attached hydrogens (tertiary/aromatic N) is 2. The number of rotatable bonds is 5. The minimum absolute atomic E-state index is 0.0806. The summed E-state index contributed by atoms with van der Waals surface area (Å²) in [6, 6.07) is 20.8. The van der Waals surface area contributed by atoms with Gasteiger partial charge >= 0.3 is 0 Å². The number of hydrogen-bond donors (Lipinski definition) is 2. The first-order valence-corrected chi connectivity index (χ1v) is 11.4. The van der Waals surface area contributed by atoms with E-state index < -0.39 is 10.0 Å². The number of aromatic nitrogens is 2. The van der Waals surface area contributed by atoms with E-state index in [9.17, 15) is 8.42 Å². The molecule has 0 amide bonds. The maximum Gasteiger partial charge on any atom is 0.263 e. The van der Waals surface area contributed by atoms with Crippen molar-refractivity contribution in [3.05, 3.63) is 81.4 Å². The Kier molecular flexibility index (Phi) is 5.57. The molecular weight excluding hydrogens is 523 g/mol. The summed E-state index contributed by atoms with van der Waals surface area (Å²) < 4.78 is 29.3. The summed E-state index contributed by atoms with van der Waals surface area (Å²) in [5, 5.41) is 3.62. The first kappa shape index (κ1) is 19.9. The molecule has 3 aromatic carbocycles. The molecule has 0 aliphatic rings. The number of hydrogen-bond acceptors (Lipinski definition) is 5. The molecular formula is C20H14ClIN4O2S. The van der Waals surface area contributed by atoms with E-state index in [-0.39, 0.29) is 10.7 Å². The van der Waals surface area contributed by atoms with Gasteiger partial charge in [0.25, 0.3) is 10.0 Å². The molecule has 0 aliphatic heterocycles. The second-order valence-electron chi connectivity index (χ2n) is 6.10. The minimum atomic E-state index is -3.87. The van der Waals surface area contributed by atoms with Gasteiger partial charge in [0.15, 0.2) is 11.6 Å². The molecule has 0 saturated heterocycles. The van der Waals surface area contributed by atoms with Crippen LogP contribution in [0.25, 0.3) is 11.0 Å². The fraction of sp³-hybridized carbons (Fsp3) is 0. The normalized spacial score (nSPS) is 11.4. The van der Waals surface area contributed by atoms with E-state index in [1.54, 1.807) is 6.07 Å². The lowest BCUT2D eigenvalue weighted by Crippen LogP contribution is -2.16. The van der Waals surface area contributed by atoms with Crippen LogP contribution in [-0.2, 0) is 10.0 Å². The molecule has 9 heteroatoms. The molecule has 29 heavy (non-hydrogen) atoms. The summed E-state index contributed by atoms with van der Waals surface area (Å²) in [6.07, 6.45) is 0. The predicted octanol–water partition coefficient (Wildman–Crippen LogP) is 5.43. The Morgan fingerprint density at radius 1 is 0.828 bits per heavy atom. The van der Waals surface area contributed by atoms with Crippen LogP contribution >= 0.6 is 34.2 Å². The Morgan fingerprint density at radius 2 is 1.48 bits per heavy atom. The van der Waals surface area contributed by atoms with Crippen molar-refractivity contribution in [3.63, 3.8) is 0 Å². The van der Waals surface area contributed by atoms with Gasteiger partial charge in [-0.15, -0.1) is 0 Å². The third-order valence-electron chi connectivity index (χ3n) is 4.01. The van der Waals surface area contributed by atoms with Gasteiger partial charge in [0.05, 0.1) is 15.9 Å². The zero-order valence-electron chi connectivity index (χ0n) is 14.8. The van der Waals surface area contributed by atoms with E-state index in [1.807, 2.05) is 42.5 Å². The molecule has 0 aliphatic carbocycles. The van der Waals surface area contributed by atoms with Crippen molar-refractivity contribution in [1.82, 2.24) is 9.97 Å². The van der Waals surface area contributed by atoms with Crippen molar-refractivity contribution in [3.8, 4) is 0 Å². The Balaban J connectivity index is 1.78. The van der Waals surface area contributed by atoms with Crippen LogP contribution in [0.3, 0.4) is 0 Å². The zero-order chi connectivity index (χ0) is 20.4. The van der Waals surface area contributed by atoms with Gasteiger partial charge in [-0.2, -0.15) is 0 Å². The average Bonchev–Trinajstić information content (AvgIpc) is 2.68. The lowest BCUT2D eigenvalue weighted by molar-refractivity contribution is 0.601. The van der Waals surface area contributed by atoms with Crippen LogP contribution in [0.4, 0.5) is 17.3 Å². The number of sulfonamides is 1. The fourth-order valence-corrected chi connectivity index (χ4v) is 4.34. The second-order valence-corrected chi connectivity index (χ2v) is 9.47. The number of benzene rings is 3. The van der Waals surface area contributed by atoms with Crippen LogP contribution in [0.1, 0.15) is 0 Å². The van der Waals surface area contributed by atoms with Crippen molar-refractivity contribution in [2.75, 3.05) is 10.0 Å². The molecule has 0 unspecified atom stereocenters. The first-order chi connectivity index (χ1) is 13.9. The van der Waals surface area contributed by atoms with Gasteiger partial charge in [-0.05, 0) is 77.2 Å². The van der Waals surface area contributed by atoms with Gasteiger partial charge in [0.1, 0.15) is 0 Å². The van der Waals surface area contributed by atoms with Gasteiger partial charge < -0.3 is 5.32 Å². The molecule has 0 spiro atoms. The smallest absolute Gasteiger partial charge is 0.263 e. The SMILES string of the molecule is O=S(=O)(Nc1nc2ccccc2nc1Nc1cccc(I)c1)c1ccc(Cl)cc1. The Morgan fingerprint density at radius 3 is 2.14 bits per heavy atom. The second kappa shape index (κ2) is 8.13. The van der Waals surface area contributed by atoms with Crippen molar-refractivity contribution in [2.24, 2.45) is 0 Å². The molecule has 0 fully saturated rings. The number of anilines is 3. The number of fused-ring (bicyclic) bond motifs is 1. The Bertz CT molecular complexity index is 1300. The lowest BCUT2D eigenvalue weighted by atomic mass is 10.3. The van der Waals surface area contributed by atoms with Crippen LogP contribution in [0.15, 0.2) is 77.7 Å². The predicted molar refractivity (Wildman–Crippen MR) is 124 cm³/mol. The quantitative estimate of drug-likeness (QED) is 0.332. The first-order valence-electron chi connectivity index (χ1n) is 8.48. The zero-order valence-corrected chi connectivity index (χ0v) is 18.5. The van der Waals surface area contributed by atoms with Crippen LogP contribution in [0.2, 0.25) is 5.02 Å². The van der Waals surface area contributed by atoms with E-state index in [0.29, 0.717) is 21.9 Å². The summed E-state index contributed by atoms with van der Waals surface area (Å²) in [7, 11) is -3.87. The van der Waals surface area contributed by atoms with Crippen molar-refractivity contribution >= 4 is 72.6 Å². The van der Waals surface area contributed by atoms with Crippen LogP contribution in [-0.4, -0.2) is 18.4 Å². The van der Waals surface area contributed by atoms with E-state index in [4.69, 9.17) is 11.6 Å². The molecule has 2 N–H and O–H groups in total. The van der Waals surface area contributed by atoms with E-state index >= 15 is 0 Å². The molecule has 1 heterocycles. The third-order valence-corrected chi connectivity index (χ3v) is 6.29. The Hall–Kier alpha value is -2.43. The number of para-hydroxylation sites is 2. The standard InChI is InChI=1S/C20H14ClIN4O2S/c21-13-8-10-16(11-9-13)29(27,28)26-20-19(23-15-5-3-4-14(22)12-15)24-17-6-1-2-7-18(17)25-20/h1-12H,(H,23,24)(H,25,26). The molecule has 0 saturated carbocycles. The number of nitrogens with one attached hydrogen (secondary N) is 2. The molecule has 0 atom stereocenters. The summed E-state index contributed by atoms with van der Waals surface area (Å²) >= 11 is 8.07. The van der Waals surface area contributed by atoms with Crippen LogP contribution in [0, 0.1) is 3.57 Å². The largest absolute Gasteiger partial charge is 0.337 e. The van der Waals surface area contributed by atoms with E-state index in [1.165, 1.54) is 24.3 Å². The highest BCUT2D eigenvalue weighted by atomic mass is 127. The van der Waals surface area contributed by atoms with E-state index in [0.717, 1.165) is 9.26 Å². The molecule has 4 rings (SSSR count). The van der Waals surface area contributed by atoms with Gasteiger partial charge in [-0.1, -0.05) is 29.8 Å². The van der Waals surface area contributed by atoms with Crippen molar-refractivity contribution < 1.29 is 8.42 Å². The molecule has 6 nitrogen and oxygen atoms in total. The summed E-state index contributed by atoms with van der Waals surface area (Å²) in [5.74, 6) is 0.417. The molecule has 0 bridgehead atoms. The van der Waals surface area contributed by atoms with Crippen LogP contribution in [0.5, 0.6) is 0 Å². The maximum atomic E-state index is 12.9. The summed E-state index contributed by atoms with van der Waals surface area (Å²) in [6.45, 7) is 0. The summed E-state index contributed by atoms with van der Waals surface area (Å²) in [5.41, 5.74) is 2.00. The van der Waals surface area contributed by atoms with Gasteiger partial charge in [0, 0.05) is 14.3 Å². The maximum absolute atomic E-state index is 12.9. The Labute approximate surface area is 186 Å². The molecule has 1 aromatic heterocycles. The topological polar surface area (TPSA) is 84.0 Å². The summed E-state index contributed by atoms with van der Waals surface area (Å²) in [4.78, 5) is 9.13. The molecule has 0 radical (unpaired) electrons. The monoisotopic (exact) mass is 536 g/mol. The van der Waals surface area contributed by atoms with Gasteiger partial charge in [-0.3, -0.25) is 4.72 Å². The fourth-order valence-electron chi connectivity index (χ4n) is 2.66. The highest BCUT2D eigenvalue weighted by molar-refractivity contribution is 14.1. The van der Waals surface area contributed by atoms with Gasteiger partial charge in [0.2, 0.25) is 0 Å². The average molecular weight is 537 g/mol. The number of halogens is 2. The molecule has 146 valence electrons. The highest BCUT2D eigenvalue weighted by Crippen LogP contribution is 2.27. The van der Waals surface area contributed by atoms with E-state index in [2.05, 4.69) is 42.6 Å². The van der Waals surface area contributed by atoms with Crippen LogP contribution < -0.4 is 10.0 Å². The molecule has 4 aromatic rings.